The van der Waals surface area contributed by atoms with Crippen molar-refractivity contribution < 1.29 is 0 Å². The molecule has 0 amide bonds. The lowest BCUT2D eigenvalue weighted by molar-refractivity contribution is 0.824. The number of nitrogens with zero attached hydrogens (tertiary/aromatic N) is 2. The number of thiocarbonyl (C=S) groups is 1. The molecule has 3 rings (SSSR count). The van der Waals surface area contributed by atoms with Crippen molar-refractivity contribution in [2.45, 2.75) is 6.54 Å². The van der Waals surface area contributed by atoms with E-state index < -0.39 is 0 Å². The number of aromatic nitrogens is 2. The predicted molar refractivity (Wildman–Crippen MR) is 91.2 cm³/mol. The molecule has 2 N–H and O–H groups in total. The number of fused-ring (bicyclic) bond motifs is 1. The van der Waals surface area contributed by atoms with E-state index in [9.17, 15) is 0 Å². The molecule has 0 fully saturated rings. The van der Waals surface area contributed by atoms with E-state index in [1.807, 2.05) is 34.9 Å². The first-order valence-corrected chi connectivity index (χ1v) is 7.39. The molecule has 2 aromatic carbocycles. The molecular formula is C15H11Cl2N3S. The molecule has 0 spiro atoms. The van der Waals surface area contributed by atoms with Crippen LogP contribution in [0.2, 0.25) is 10.0 Å². The van der Waals surface area contributed by atoms with E-state index in [2.05, 4.69) is 4.98 Å². The lowest BCUT2D eigenvalue weighted by Gasteiger charge is -2.06. The second kappa shape index (κ2) is 5.64. The summed E-state index contributed by atoms with van der Waals surface area (Å²) in [6, 6.07) is 11.4. The summed E-state index contributed by atoms with van der Waals surface area (Å²) in [6.45, 7) is 0.687. The monoisotopic (exact) mass is 335 g/mol. The molecule has 0 bridgehead atoms. The van der Waals surface area contributed by atoms with E-state index >= 15 is 0 Å². The van der Waals surface area contributed by atoms with Crippen LogP contribution in [-0.2, 0) is 6.54 Å². The summed E-state index contributed by atoms with van der Waals surface area (Å²) in [5.74, 6) is 0. The Labute approximate surface area is 137 Å². The summed E-state index contributed by atoms with van der Waals surface area (Å²) in [5, 5.41) is 1.03. The first kappa shape index (κ1) is 14.3. The largest absolute Gasteiger partial charge is 0.389 e. The number of nitrogens with two attached hydrogens (primary N) is 1. The van der Waals surface area contributed by atoms with Crippen molar-refractivity contribution in [2.24, 2.45) is 5.73 Å². The maximum Gasteiger partial charge on any atom is 0.103 e. The maximum atomic E-state index is 6.07. The SMILES string of the molecule is NC(=S)c1ccc(Cn2cnc3cc(Cl)c(Cl)cc32)cc1. The number of hydrogen-bond acceptors (Lipinski definition) is 2. The van der Waals surface area contributed by atoms with Gasteiger partial charge in [-0.05, 0) is 17.7 Å². The van der Waals surface area contributed by atoms with Crippen molar-refractivity contribution in [3.8, 4) is 0 Å². The van der Waals surface area contributed by atoms with Gasteiger partial charge in [0.25, 0.3) is 0 Å². The first-order valence-electron chi connectivity index (χ1n) is 6.23. The van der Waals surface area contributed by atoms with Crippen LogP contribution in [0, 0.1) is 0 Å². The molecule has 0 atom stereocenters. The second-order valence-corrected chi connectivity index (χ2v) is 5.94. The first-order chi connectivity index (χ1) is 10.0. The fourth-order valence-corrected chi connectivity index (χ4v) is 2.60. The standard InChI is InChI=1S/C15H11Cl2N3S/c16-11-5-13-14(6-12(11)17)20(8-19-13)7-9-1-3-10(4-2-9)15(18)21/h1-6,8H,7H2,(H2,18,21). The minimum atomic E-state index is 0.399. The molecular weight excluding hydrogens is 325 g/mol. The van der Waals surface area contributed by atoms with Crippen molar-refractivity contribution in [3.05, 3.63) is 63.9 Å². The highest BCUT2D eigenvalue weighted by Gasteiger charge is 2.07. The van der Waals surface area contributed by atoms with Crippen molar-refractivity contribution in [3.63, 3.8) is 0 Å². The molecule has 106 valence electrons. The van der Waals surface area contributed by atoms with Gasteiger partial charge in [-0.15, -0.1) is 0 Å². The van der Waals surface area contributed by atoms with Crippen molar-refractivity contribution in [1.82, 2.24) is 9.55 Å². The highest BCUT2D eigenvalue weighted by molar-refractivity contribution is 7.80. The molecule has 3 aromatic rings. The lowest BCUT2D eigenvalue weighted by atomic mass is 10.1. The van der Waals surface area contributed by atoms with E-state index in [0.717, 1.165) is 22.2 Å². The van der Waals surface area contributed by atoms with Gasteiger partial charge in [-0.25, -0.2) is 4.98 Å². The number of halogens is 2. The molecule has 1 heterocycles. The van der Waals surface area contributed by atoms with Gasteiger partial charge in [0.1, 0.15) is 4.99 Å². The number of hydrogen-bond donors (Lipinski definition) is 1. The third-order valence-electron chi connectivity index (χ3n) is 3.25. The number of rotatable bonds is 3. The van der Waals surface area contributed by atoms with Crippen LogP contribution in [0.25, 0.3) is 11.0 Å². The third kappa shape index (κ3) is 2.88. The fourth-order valence-electron chi connectivity index (χ4n) is 2.15. The molecule has 3 nitrogen and oxygen atoms in total. The van der Waals surface area contributed by atoms with Crippen LogP contribution < -0.4 is 5.73 Å². The summed E-state index contributed by atoms with van der Waals surface area (Å²) in [7, 11) is 0. The van der Waals surface area contributed by atoms with Crippen molar-refractivity contribution >= 4 is 51.4 Å². The van der Waals surface area contributed by atoms with Crippen LogP contribution >= 0.6 is 35.4 Å². The molecule has 0 aliphatic heterocycles. The Hall–Kier alpha value is -1.62. The van der Waals surface area contributed by atoms with Crippen LogP contribution in [0.3, 0.4) is 0 Å². The topological polar surface area (TPSA) is 43.8 Å². The highest BCUT2D eigenvalue weighted by atomic mass is 35.5. The Balaban J connectivity index is 1.94. The van der Waals surface area contributed by atoms with Crippen LogP contribution in [0.1, 0.15) is 11.1 Å². The molecule has 0 aliphatic carbocycles. The zero-order valence-electron chi connectivity index (χ0n) is 10.9. The molecule has 0 radical (unpaired) electrons. The average molecular weight is 336 g/mol. The van der Waals surface area contributed by atoms with Gasteiger partial charge in [-0.1, -0.05) is 59.7 Å². The van der Waals surface area contributed by atoms with Gasteiger partial charge in [0, 0.05) is 12.1 Å². The zero-order valence-corrected chi connectivity index (χ0v) is 13.2. The summed E-state index contributed by atoms with van der Waals surface area (Å²) >= 11 is 17.0. The van der Waals surface area contributed by atoms with Crippen LogP contribution in [-0.4, -0.2) is 14.5 Å². The highest BCUT2D eigenvalue weighted by Crippen LogP contribution is 2.27. The molecule has 0 aliphatic rings. The normalized spacial score (nSPS) is 11.0. The van der Waals surface area contributed by atoms with Gasteiger partial charge in [0.15, 0.2) is 0 Å². The van der Waals surface area contributed by atoms with E-state index in [1.165, 1.54) is 0 Å². The summed E-state index contributed by atoms with van der Waals surface area (Å²) < 4.78 is 2.02. The van der Waals surface area contributed by atoms with Gasteiger partial charge in [0.2, 0.25) is 0 Å². The molecule has 0 saturated heterocycles. The Morgan fingerprint density at radius 3 is 2.48 bits per heavy atom. The molecule has 0 saturated carbocycles. The van der Waals surface area contributed by atoms with Crippen LogP contribution in [0.15, 0.2) is 42.7 Å². The fraction of sp³-hybridized carbons (Fsp3) is 0.0667. The van der Waals surface area contributed by atoms with E-state index in [0.29, 0.717) is 21.6 Å². The Kier molecular flexibility index (Phi) is 3.85. The van der Waals surface area contributed by atoms with E-state index in [1.54, 1.807) is 12.4 Å². The Morgan fingerprint density at radius 1 is 1.14 bits per heavy atom. The summed E-state index contributed by atoms with van der Waals surface area (Å²) in [5.41, 5.74) is 9.35. The van der Waals surface area contributed by atoms with Gasteiger partial charge >= 0.3 is 0 Å². The van der Waals surface area contributed by atoms with E-state index in [4.69, 9.17) is 41.2 Å². The minimum Gasteiger partial charge on any atom is -0.389 e. The Bertz CT molecular complexity index is 825. The summed E-state index contributed by atoms with van der Waals surface area (Å²) in [6.07, 6.45) is 1.78. The minimum absolute atomic E-state index is 0.399. The third-order valence-corrected chi connectivity index (χ3v) is 4.21. The molecule has 0 unspecified atom stereocenters. The van der Waals surface area contributed by atoms with Crippen LogP contribution in [0.5, 0.6) is 0 Å². The smallest absolute Gasteiger partial charge is 0.103 e. The van der Waals surface area contributed by atoms with Crippen LogP contribution in [0.4, 0.5) is 0 Å². The number of benzene rings is 2. The predicted octanol–water partition coefficient (Wildman–Crippen LogP) is 4.03. The second-order valence-electron chi connectivity index (χ2n) is 4.69. The van der Waals surface area contributed by atoms with Gasteiger partial charge < -0.3 is 10.3 Å². The average Bonchev–Trinajstić information content (AvgIpc) is 2.82. The Morgan fingerprint density at radius 2 is 1.81 bits per heavy atom. The lowest BCUT2D eigenvalue weighted by Crippen LogP contribution is -2.09. The van der Waals surface area contributed by atoms with Gasteiger partial charge in [-0.3, -0.25) is 0 Å². The van der Waals surface area contributed by atoms with E-state index in [-0.39, 0.29) is 0 Å². The van der Waals surface area contributed by atoms with Crippen molar-refractivity contribution in [2.75, 3.05) is 0 Å². The van der Waals surface area contributed by atoms with Gasteiger partial charge in [0.05, 0.1) is 27.4 Å². The molecule has 21 heavy (non-hydrogen) atoms. The quantitative estimate of drug-likeness (QED) is 0.735. The summed E-state index contributed by atoms with van der Waals surface area (Å²) in [4.78, 5) is 4.74. The number of imidazole rings is 1. The van der Waals surface area contributed by atoms with Gasteiger partial charge in [-0.2, -0.15) is 0 Å². The molecule has 6 heteroatoms. The maximum absolute atomic E-state index is 6.07. The molecule has 1 aromatic heterocycles. The van der Waals surface area contributed by atoms with Crippen molar-refractivity contribution in [1.29, 1.82) is 0 Å². The zero-order chi connectivity index (χ0) is 15.0.